The molecule has 3 heterocycles. The van der Waals surface area contributed by atoms with Gasteiger partial charge in [-0.2, -0.15) is 18.3 Å². The summed E-state index contributed by atoms with van der Waals surface area (Å²) < 4.78 is 46.6. The third-order valence-corrected chi connectivity index (χ3v) is 6.79. The van der Waals surface area contributed by atoms with Crippen molar-refractivity contribution in [2.24, 2.45) is 0 Å². The van der Waals surface area contributed by atoms with Gasteiger partial charge in [0.2, 0.25) is 0 Å². The molecule has 0 aliphatic carbocycles. The maximum Gasteiger partial charge on any atom is 0.416 e. The smallest absolute Gasteiger partial charge is 0.416 e. The second-order valence-electron chi connectivity index (χ2n) is 9.04. The zero-order chi connectivity index (χ0) is 25.4. The molecule has 36 heavy (non-hydrogen) atoms. The fraction of sp³-hybridized carbons (Fsp3) is 0.400. The molecule has 3 aromatic rings. The van der Waals surface area contributed by atoms with Crippen LogP contribution >= 0.6 is 11.6 Å². The molecule has 5 rings (SSSR count). The number of amides is 2. The summed E-state index contributed by atoms with van der Waals surface area (Å²) >= 11 is 6.00. The molecular formula is C25H25ClF3N5O2. The van der Waals surface area contributed by atoms with E-state index >= 15 is 0 Å². The molecule has 0 radical (unpaired) electrons. The van der Waals surface area contributed by atoms with E-state index in [9.17, 15) is 18.0 Å². The number of hydrogen-bond donors (Lipinski definition) is 1. The van der Waals surface area contributed by atoms with Crippen LogP contribution in [0.3, 0.4) is 0 Å². The van der Waals surface area contributed by atoms with Crippen molar-refractivity contribution in [2.45, 2.75) is 51.0 Å². The molecule has 0 unspecified atom stereocenters. The van der Waals surface area contributed by atoms with E-state index in [1.807, 2.05) is 35.9 Å². The van der Waals surface area contributed by atoms with E-state index in [2.05, 4.69) is 15.4 Å². The maximum atomic E-state index is 13.4. The average Bonchev–Trinajstić information content (AvgIpc) is 3.46. The van der Waals surface area contributed by atoms with Crippen LogP contribution in [0.1, 0.15) is 59.7 Å². The van der Waals surface area contributed by atoms with E-state index in [0.717, 1.165) is 30.5 Å². The predicted molar refractivity (Wildman–Crippen MR) is 127 cm³/mol. The van der Waals surface area contributed by atoms with Gasteiger partial charge in [0.1, 0.15) is 17.4 Å². The number of nitrogens with zero attached hydrogens (tertiary/aromatic N) is 4. The first-order valence-electron chi connectivity index (χ1n) is 11.8. The molecule has 1 N–H and O–H groups in total. The molecule has 0 bridgehead atoms. The fourth-order valence-electron chi connectivity index (χ4n) is 4.82. The summed E-state index contributed by atoms with van der Waals surface area (Å²) in [4.78, 5) is 19.7. The Morgan fingerprint density at radius 3 is 2.72 bits per heavy atom. The number of benzene rings is 2. The number of ether oxygens (including phenoxy) is 1. The SMILES string of the molecule is Cc1nc([C@H]2CCCN2C(=O)N[C@H]2CCOc3cc(C(F)(F)F)ccc32)n(Cc2ccc(Cl)cc2)n1. The van der Waals surface area contributed by atoms with E-state index in [4.69, 9.17) is 16.3 Å². The molecule has 2 amide bonds. The number of carbonyl (C=O) groups is 1. The van der Waals surface area contributed by atoms with Crippen LogP contribution in [0.5, 0.6) is 5.75 Å². The fourth-order valence-corrected chi connectivity index (χ4v) is 4.95. The Morgan fingerprint density at radius 1 is 1.19 bits per heavy atom. The number of likely N-dealkylation sites (tertiary alicyclic amines) is 1. The number of fused-ring (bicyclic) bond motifs is 1. The molecule has 2 aliphatic heterocycles. The number of aromatic nitrogens is 3. The van der Waals surface area contributed by atoms with Gasteiger partial charge in [0.25, 0.3) is 0 Å². The first-order valence-corrected chi connectivity index (χ1v) is 12.1. The van der Waals surface area contributed by atoms with Crippen LogP contribution in [0.15, 0.2) is 42.5 Å². The van der Waals surface area contributed by atoms with Gasteiger partial charge < -0.3 is 15.0 Å². The highest BCUT2D eigenvalue weighted by Crippen LogP contribution is 2.38. The number of alkyl halides is 3. The lowest BCUT2D eigenvalue weighted by Gasteiger charge is -2.31. The molecule has 1 fully saturated rings. The average molecular weight is 520 g/mol. The third kappa shape index (κ3) is 5.00. The van der Waals surface area contributed by atoms with Crippen LogP contribution in [0.2, 0.25) is 5.02 Å². The highest BCUT2D eigenvalue weighted by atomic mass is 35.5. The third-order valence-electron chi connectivity index (χ3n) is 6.54. The molecule has 7 nitrogen and oxygen atoms in total. The first-order chi connectivity index (χ1) is 17.2. The minimum absolute atomic E-state index is 0.151. The van der Waals surface area contributed by atoms with Crippen molar-refractivity contribution in [2.75, 3.05) is 13.2 Å². The normalized spacial score (nSPS) is 19.6. The van der Waals surface area contributed by atoms with Gasteiger partial charge in [-0.25, -0.2) is 14.5 Å². The van der Waals surface area contributed by atoms with Gasteiger partial charge in [-0.15, -0.1) is 0 Å². The van der Waals surface area contributed by atoms with Crippen LogP contribution in [-0.2, 0) is 12.7 Å². The van der Waals surface area contributed by atoms with E-state index in [1.54, 1.807) is 4.90 Å². The van der Waals surface area contributed by atoms with Gasteiger partial charge in [0, 0.05) is 23.6 Å². The summed E-state index contributed by atoms with van der Waals surface area (Å²) in [6.45, 7) is 3.08. The second-order valence-corrected chi connectivity index (χ2v) is 9.48. The van der Waals surface area contributed by atoms with E-state index in [1.165, 1.54) is 6.07 Å². The largest absolute Gasteiger partial charge is 0.493 e. The van der Waals surface area contributed by atoms with Crippen molar-refractivity contribution in [1.29, 1.82) is 0 Å². The van der Waals surface area contributed by atoms with Gasteiger partial charge in [-0.1, -0.05) is 29.8 Å². The topological polar surface area (TPSA) is 72.3 Å². The quantitative estimate of drug-likeness (QED) is 0.481. The van der Waals surface area contributed by atoms with E-state index < -0.39 is 17.8 Å². The summed E-state index contributed by atoms with van der Waals surface area (Å²) in [7, 11) is 0. The maximum absolute atomic E-state index is 13.4. The van der Waals surface area contributed by atoms with Crippen molar-refractivity contribution >= 4 is 17.6 Å². The summed E-state index contributed by atoms with van der Waals surface area (Å²) in [5, 5.41) is 8.21. The summed E-state index contributed by atoms with van der Waals surface area (Å²) in [6, 6.07) is 9.90. The van der Waals surface area contributed by atoms with E-state index in [0.29, 0.717) is 41.7 Å². The number of nitrogens with one attached hydrogen (secondary N) is 1. The summed E-state index contributed by atoms with van der Waals surface area (Å²) in [6.07, 6.45) is -2.44. The molecule has 1 saturated heterocycles. The summed E-state index contributed by atoms with van der Waals surface area (Å²) in [5.41, 5.74) is 0.778. The number of carbonyl (C=O) groups excluding carboxylic acids is 1. The molecule has 11 heteroatoms. The van der Waals surface area contributed by atoms with Gasteiger partial charge in [-0.3, -0.25) is 0 Å². The van der Waals surface area contributed by atoms with Gasteiger partial charge in [0.05, 0.1) is 30.8 Å². The molecule has 0 spiro atoms. The Kier molecular flexibility index (Phi) is 6.55. The minimum atomic E-state index is -4.46. The molecule has 190 valence electrons. The summed E-state index contributed by atoms with van der Waals surface area (Å²) in [5.74, 6) is 1.47. The molecule has 2 aliphatic rings. The highest BCUT2D eigenvalue weighted by molar-refractivity contribution is 6.30. The monoisotopic (exact) mass is 519 g/mol. The van der Waals surface area contributed by atoms with Gasteiger partial charge in [0.15, 0.2) is 0 Å². The number of rotatable bonds is 4. The van der Waals surface area contributed by atoms with Crippen LogP contribution in [0.4, 0.5) is 18.0 Å². The zero-order valence-electron chi connectivity index (χ0n) is 19.6. The van der Waals surface area contributed by atoms with Crippen molar-refractivity contribution in [1.82, 2.24) is 25.0 Å². The Labute approximate surface area is 211 Å². The highest BCUT2D eigenvalue weighted by Gasteiger charge is 2.37. The van der Waals surface area contributed by atoms with Crippen LogP contribution < -0.4 is 10.1 Å². The Hall–Kier alpha value is -3.27. The van der Waals surface area contributed by atoms with Gasteiger partial charge >= 0.3 is 12.2 Å². The molecule has 2 atom stereocenters. The Balaban J connectivity index is 1.34. The Bertz CT molecular complexity index is 1260. The second kappa shape index (κ2) is 9.65. The zero-order valence-corrected chi connectivity index (χ0v) is 20.3. The van der Waals surface area contributed by atoms with Crippen LogP contribution in [0, 0.1) is 6.92 Å². The Morgan fingerprint density at radius 2 is 1.97 bits per heavy atom. The molecule has 2 aromatic carbocycles. The lowest BCUT2D eigenvalue weighted by Crippen LogP contribution is -2.43. The molecular weight excluding hydrogens is 495 g/mol. The van der Waals surface area contributed by atoms with E-state index in [-0.39, 0.29) is 24.4 Å². The van der Waals surface area contributed by atoms with Crippen LogP contribution in [0.25, 0.3) is 0 Å². The van der Waals surface area contributed by atoms with Crippen molar-refractivity contribution in [3.63, 3.8) is 0 Å². The predicted octanol–water partition coefficient (Wildman–Crippen LogP) is 5.68. The number of urea groups is 1. The standard InChI is InChI=1S/C25H25ClF3N5O2/c1-15-30-23(34(32-15)14-16-4-7-18(26)8-5-16)21-3-2-11-33(21)24(35)31-20-10-12-36-22-13-17(25(27,28)29)6-9-19(20)22/h4-9,13,20-21H,2-3,10-12,14H2,1H3,(H,31,35)/t20-,21+/m0/s1. The van der Waals surface area contributed by atoms with Crippen molar-refractivity contribution in [3.05, 3.63) is 75.8 Å². The number of hydrogen-bond acceptors (Lipinski definition) is 4. The minimum Gasteiger partial charge on any atom is -0.493 e. The molecule has 1 aromatic heterocycles. The lowest BCUT2D eigenvalue weighted by molar-refractivity contribution is -0.137. The lowest BCUT2D eigenvalue weighted by atomic mass is 9.98. The van der Waals surface area contributed by atoms with Crippen LogP contribution in [-0.4, -0.2) is 38.8 Å². The number of halogens is 4. The van der Waals surface area contributed by atoms with Crippen molar-refractivity contribution in [3.8, 4) is 5.75 Å². The van der Waals surface area contributed by atoms with Gasteiger partial charge in [-0.05, 0) is 49.6 Å². The van der Waals surface area contributed by atoms with Crippen molar-refractivity contribution < 1.29 is 22.7 Å². The molecule has 0 saturated carbocycles. The number of aryl methyl sites for hydroxylation is 1. The first kappa shape index (κ1) is 24.4.